The summed E-state index contributed by atoms with van der Waals surface area (Å²) in [6.07, 6.45) is 1.55. The van der Waals surface area contributed by atoms with Crippen LogP contribution >= 0.6 is 0 Å². The fraction of sp³-hybridized carbons (Fsp3) is 0.391. The van der Waals surface area contributed by atoms with Gasteiger partial charge in [-0.25, -0.2) is 8.42 Å². The van der Waals surface area contributed by atoms with Crippen LogP contribution in [-0.2, 0) is 24.3 Å². The first-order valence-corrected chi connectivity index (χ1v) is 11.8. The normalized spacial score (nSPS) is 18.2. The van der Waals surface area contributed by atoms with E-state index in [1.807, 2.05) is 37.3 Å². The first-order chi connectivity index (χ1) is 14.8. The minimum atomic E-state index is -3.72. The molecule has 8 heteroatoms. The molecule has 0 bridgehead atoms. The van der Waals surface area contributed by atoms with Crippen LogP contribution in [0.1, 0.15) is 37.7 Å². The molecule has 31 heavy (non-hydrogen) atoms. The lowest BCUT2D eigenvalue weighted by Crippen LogP contribution is -2.42. The third-order valence-corrected chi connectivity index (χ3v) is 7.43. The van der Waals surface area contributed by atoms with E-state index in [1.54, 1.807) is 12.1 Å². The summed E-state index contributed by atoms with van der Waals surface area (Å²) in [6.45, 7) is 2.47. The van der Waals surface area contributed by atoms with Crippen LogP contribution in [-0.4, -0.2) is 44.8 Å². The second kappa shape index (κ2) is 10.1. The van der Waals surface area contributed by atoms with Gasteiger partial charge in [0.05, 0.1) is 17.9 Å². The lowest BCUT2D eigenvalue weighted by atomic mass is 9.97. The standard InChI is InChI=1S/C23H28N2O5S/c1-17(18-7-4-3-5-8-18)15-22(26)24-20-10-12-21(13-11-20)31(28,29)25-14-6-9-19(16-25)23(27)30-2/h3-5,7-8,10-13,17,19H,6,9,14-16H2,1-2H3,(H,24,26)/t17-,19-/m0/s1. The van der Waals surface area contributed by atoms with Crippen LogP contribution in [0, 0.1) is 5.92 Å². The Kier molecular flexibility index (Phi) is 7.46. The van der Waals surface area contributed by atoms with E-state index in [0.29, 0.717) is 31.5 Å². The van der Waals surface area contributed by atoms with Crippen molar-refractivity contribution in [2.24, 2.45) is 5.92 Å². The number of nitrogens with one attached hydrogen (secondary N) is 1. The summed E-state index contributed by atoms with van der Waals surface area (Å²) in [4.78, 5) is 24.3. The summed E-state index contributed by atoms with van der Waals surface area (Å²) in [5, 5.41) is 2.82. The topological polar surface area (TPSA) is 92.8 Å². The number of nitrogens with zero attached hydrogens (tertiary/aromatic N) is 1. The van der Waals surface area contributed by atoms with Gasteiger partial charge in [0.2, 0.25) is 15.9 Å². The predicted molar refractivity (Wildman–Crippen MR) is 118 cm³/mol. The number of methoxy groups -OCH3 is 1. The Morgan fingerprint density at radius 3 is 2.45 bits per heavy atom. The van der Waals surface area contributed by atoms with E-state index >= 15 is 0 Å². The van der Waals surface area contributed by atoms with Crippen LogP contribution in [0.4, 0.5) is 5.69 Å². The maximum Gasteiger partial charge on any atom is 0.309 e. The Morgan fingerprint density at radius 2 is 1.81 bits per heavy atom. The number of anilines is 1. The predicted octanol–water partition coefficient (Wildman–Crippen LogP) is 3.39. The molecule has 1 fully saturated rings. The van der Waals surface area contributed by atoms with Crippen LogP contribution in [0.5, 0.6) is 0 Å². The zero-order chi connectivity index (χ0) is 22.4. The molecule has 1 aliphatic heterocycles. The number of rotatable bonds is 7. The first-order valence-electron chi connectivity index (χ1n) is 10.3. The third kappa shape index (κ3) is 5.71. The van der Waals surface area contributed by atoms with Gasteiger partial charge in [-0.3, -0.25) is 9.59 Å². The van der Waals surface area contributed by atoms with Crippen molar-refractivity contribution < 1.29 is 22.7 Å². The summed E-state index contributed by atoms with van der Waals surface area (Å²) < 4.78 is 32.0. The highest BCUT2D eigenvalue weighted by Gasteiger charge is 2.33. The molecule has 1 N–H and O–H groups in total. The van der Waals surface area contributed by atoms with Crippen molar-refractivity contribution in [3.8, 4) is 0 Å². The number of sulfonamides is 1. The van der Waals surface area contributed by atoms with Gasteiger partial charge in [0.15, 0.2) is 0 Å². The van der Waals surface area contributed by atoms with Crippen molar-refractivity contribution in [2.75, 3.05) is 25.5 Å². The lowest BCUT2D eigenvalue weighted by molar-refractivity contribution is -0.146. The Labute approximate surface area is 183 Å². The fourth-order valence-electron chi connectivity index (χ4n) is 3.77. The second-order valence-corrected chi connectivity index (χ2v) is 9.75. The van der Waals surface area contributed by atoms with E-state index in [9.17, 15) is 18.0 Å². The molecule has 2 aromatic carbocycles. The van der Waals surface area contributed by atoms with Crippen LogP contribution in [0.25, 0.3) is 0 Å². The second-order valence-electron chi connectivity index (χ2n) is 7.81. The van der Waals surface area contributed by atoms with Gasteiger partial charge in [0.25, 0.3) is 0 Å². The highest BCUT2D eigenvalue weighted by molar-refractivity contribution is 7.89. The van der Waals surface area contributed by atoms with Gasteiger partial charge in [0, 0.05) is 25.2 Å². The molecule has 0 spiro atoms. The summed E-state index contributed by atoms with van der Waals surface area (Å²) in [6, 6.07) is 15.9. The SMILES string of the molecule is COC(=O)[C@H]1CCCN(S(=O)(=O)c2ccc(NC(=O)C[C@H](C)c3ccccc3)cc2)C1. The number of piperidine rings is 1. The van der Waals surface area contributed by atoms with E-state index in [-0.39, 0.29) is 29.2 Å². The summed E-state index contributed by atoms with van der Waals surface area (Å²) in [7, 11) is -2.42. The average Bonchev–Trinajstić information content (AvgIpc) is 2.79. The summed E-state index contributed by atoms with van der Waals surface area (Å²) in [5.74, 6) is -0.895. The third-order valence-electron chi connectivity index (χ3n) is 5.55. The highest BCUT2D eigenvalue weighted by atomic mass is 32.2. The molecule has 1 heterocycles. The molecule has 0 aliphatic carbocycles. The van der Waals surface area contributed by atoms with Gasteiger partial charge in [-0.15, -0.1) is 0 Å². The van der Waals surface area contributed by atoms with E-state index in [2.05, 4.69) is 5.32 Å². The van der Waals surface area contributed by atoms with Crippen LogP contribution in [0.2, 0.25) is 0 Å². The molecule has 1 amide bonds. The fourth-order valence-corrected chi connectivity index (χ4v) is 5.29. The number of benzene rings is 2. The van der Waals surface area contributed by atoms with Crippen LogP contribution < -0.4 is 5.32 Å². The molecule has 166 valence electrons. The quantitative estimate of drug-likeness (QED) is 0.661. The largest absolute Gasteiger partial charge is 0.469 e. The highest BCUT2D eigenvalue weighted by Crippen LogP contribution is 2.26. The number of amides is 1. The molecule has 3 rings (SSSR count). The minimum Gasteiger partial charge on any atom is -0.469 e. The molecule has 1 saturated heterocycles. The van der Waals surface area contributed by atoms with Gasteiger partial charge < -0.3 is 10.1 Å². The maximum atomic E-state index is 13.0. The Morgan fingerprint density at radius 1 is 1.13 bits per heavy atom. The molecule has 0 aromatic heterocycles. The van der Waals surface area contributed by atoms with Crippen molar-refractivity contribution >= 4 is 27.6 Å². The number of carbonyl (C=O) groups excluding carboxylic acids is 2. The Bertz CT molecular complexity index is 1010. The van der Waals surface area contributed by atoms with Gasteiger partial charge in [-0.1, -0.05) is 37.3 Å². The molecule has 0 radical (unpaired) electrons. The van der Waals surface area contributed by atoms with E-state index in [0.717, 1.165) is 5.56 Å². The van der Waals surface area contributed by atoms with E-state index in [1.165, 1.54) is 23.5 Å². The number of ether oxygens (including phenoxy) is 1. The zero-order valence-electron chi connectivity index (χ0n) is 17.8. The van der Waals surface area contributed by atoms with Crippen LogP contribution in [0.3, 0.4) is 0 Å². The molecule has 0 unspecified atom stereocenters. The Hall–Kier alpha value is -2.71. The average molecular weight is 445 g/mol. The zero-order valence-corrected chi connectivity index (χ0v) is 18.6. The van der Waals surface area contributed by atoms with Crippen LogP contribution in [0.15, 0.2) is 59.5 Å². The number of carbonyl (C=O) groups is 2. The van der Waals surface area contributed by atoms with Gasteiger partial charge in [-0.05, 0) is 48.6 Å². The van der Waals surface area contributed by atoms with Crippen molar-refractivity contribution in [3.63, 3.8) is 0 Å². The molecule has 0 saturated carbocycles. The smallest absolute Gasteiger partial charge is 0.309 e. The molecule has 1 aliphatic rings. The lowest BCUT2D eigenvalue weighted by Gasteiger charge is -2.30. The molecular formula is C23H28N2O5S. The number of esters is 1. The van der Waals surface area contributed by atoms with Gasteiger partial charge >= 0.3 is 5.97 Å². The summed E-state index contributed by atoms with van der Waals surface area (Å²) in [5.41, 5.74) is 1.63. The maximum absolute atomic E-state index is 13.0. The van der Waals surface area contributed by atoms with E-state index in [4.69, 9.17) is 4.74 Å². The van der Waals surface area contributed by atoms with Gasteiger partial charge in [0.1, 0.15) is 0 Å². The molecule has 7 nitrogen and oxygen atoms in total. The van der Waals surface area contributed by atoms with Crippen molar-refractivity contribution in [2.45, 2.75) is 37.0 Å². The monoisotopic (exact) mass is 444 g/mol. The number of hydrogen-bond donors (Lipinski definition) is 1. The van der Waals surface area contributed by atoms with Crippen molar-refractivity contribution in [1.29, 1.82) is 0 Å². The number of hydrogen-bond acceptors (Lipinski definition) is 5. The Balaban J connectivity index is 1.62. The molecule has 2 atom stereocenters. The van der Waals surface area contributed by atoms with Crippen molar-refractivity contribution in [1.82, 2.24) is 4.31 Å². The molecular weight excluding hydrogens is 416 g/mol. The minimum absolute atomic E-state index is 0.0720. The van der Waals surface area contributed by atoms with Crippen molar-refractivity contribution in [3.05, 3.63) is 60.2 Å². The van der Waals surface area contributed by atoms with Gasteiger partial charge in [-0.2, -0.15) is 4.31 Å². The van der Waals surface area contributed by atoms with E-state index < -0.39 is 15.9 Å². The first kappa shape index (κ1) is 23.0. The molecule has 2 aromatic rings. The summed E-state index contributed by atoms with van der Waals surface area (Å²) >= 11 is 0.